The van der Waals surface area contributed by atoms with Crippen LogP contribution in [0.15, 0.2) is 30.6 Å². The minimum Gasteiger partial charge on any atom is -0.338 e. The van der Waals surface area contributed by atoms with E-state index >= 15 is 0 Å². The quantitative estimate of drug-likeness (QED) is 0.613. The van der Waals surface area contributed by atoms with Gasteiger partial charge in [0.25, 0.3) is 0 Å². The van der Waals surface area contributed by atoms with Gasteiger partial charge in [-0.1, -0.05) is 18.2 Å². The Kier molecular flexibility index (Phi) is 2.48. The van der Waals surface area contributed by atoms with E-state index in [0.29, 0.717) is 11.4 Å². The van der Waals surface area contributed by atoms with Crippen LogP contribution in [-0.4, -0.2) is 15.4 Å². The second kappa shape index (κ2) is 3.81. The highest BCUT2D eigenvalue weighted by Gasteiger charge is 2.14. The van der Waals surface area contributed by atoms with E-state index in [-0.39, 0.29) is 5.78 Å². The van der Waals surface area contributed by atoms with E-state index in [9.17, 15) is 4.79 Å². The van der Waals surface area contributed by atoms with Crippen LogP contribution in [0.2, 0.25) is 0 Å². The molecule has 4 nitrogen and oxygen atoms in total. The first kappa shape index (κ1) is 10.4. The summed E-state index contributed by atoms with van der Waals surface area (Å²) < 4.78 is 1.43. The normalized spacial score (nSPS) is 10.4. The topological polar surface area (TPSA) is 60.9 Å². The van der Waals surface area contributed by atoms with Gasteiger partial charge in [0.2, 0.25) is 0 Å². The fourth-order valence-electron chi connectivity index (χ4n) is 1.76. The second-order valence-corrected chi connectivity index (χ2v) is 3.71. The molecule has 0 fully saturated rings. The number of hydrogen-bond acceptors (Lipinski definition) is 3. The summed E-state index contributed by atoms with van der Waals surface area (Å²) in [5.74, 6) is 6.38. The van der Waals surface area contributed by atoms with Crippen molar-refractivity contribution in [2.45, 2.75) is 13.8 Å². The molecule has 0 unspecified atom stereocenters. The molecule has 0 aliphatic rings. The highest BCUT2D eigenvalue weighted by molar-refractivity contribution is 6.00. The first-order valence-corrected chi connectivity index (χ1v) is 5.00. The van der Waals surface area contributed by atoms with Gasteiger partial charge in [-0.2, -0.15) is 0 Å². The number of benzene rings is 1. The maximum Gasteiger partial charge on any atom is 0.160 e. The summed E-state index contributed by atoms with van der Waals surface area (Å²) in [7, 11) is 0. The molecule has 1 aromatic heterocycles. The molecule has 0 amide bonds. The van der Waals surface area contributed by atoms with Crippen LogP contribution in [-0.2, 0) is 0 Å². The summed E-state index contributed by atoms with van der Waals surface area (Å²) >= 11 is 0. The second-order valence-electron chi connectivity index (χ2n) is 3.71. The third kappa shape index (κ3) is 1.58. The summed E-state index contributed by atoms with van der Waals surface area (Å²) in [4.78, 5) is 15.7. The van der Waals surface area contributed by atoms with Gasteiger partial charge in [-0.05, 0) is 19.4 Å². The van der Waals surface area contributed by atoms with Crippen LogP contribution in [0.4, 0.5) is 0 Å². The van der Waals surface area contributed by atoms with Crippen molar-refractivity contribution in [1.82, 2.24) is 9.66 Å². The van der Waals surface area contributed by atoms with Gasteiger partial charge in [-0.3, -0.25) is 9.47 Å². The van der Waals surface area contributed by atoms with E-state index in [4.69, 9.17) is 5.84 Å². The summed E-state index contributed by atoms with van der Waals surface area (Å²) in [5.41, 5.74) is 2.45. The monoisotopic (exact) mass is 215 g/mol. The zero-order chi connectivity index (χ0) is 11.7. The maximum atomic E-state index is 11.5. The summed E-state index contributed by atoms with van der Waals surface area (Å²) in [6.45, 7) is 3.48. The van der Waals surface area contributed by atoms with Gasteiger partial charge in [-0.15, -0.1) is 0 Å². The van der Waals surface area contributed by atoms with Gasteiger partial charge in [-0.25, -0.2) is 4.98 Å². The van der Waals surface area contributed by atoms with Crippen LogP contribution in [0.3, 0.4) is 0 Å². The lowest BCUT2D eigenvalue weighted by Crippen LogP contribution is -2.11. The molecule has 0 saturated carbocycles. The third-order valence-corrected chi connectivity index (χ3v) is 2.54. The van der Waals surface area contributed by atoms with E-state index < -0.39 is 0 Å². The Hall–Kier alpha value is -2.10. The molecule has 0 saturated heterocycles. The molecule has 0 spiro atoms. The van der Waals surface area contributed by atoms with Crippen molar-refractivity contribution in [1.29, 1.82) is 0 Å². The zero-order valence-electron chi connectivity index (χ0n) is 9.27. The SMILES string of the molecule is CC(=O)c1cccc(C)c1-c1nccn1N. The van der Waals surface area contributed by atoms with Crippen LogP contribution in [0.1, 0.15) is 22.8 Å². The number of aromatic nitrogens is 2. The Morgan fingerprint density at radius 3 is 2.75 bits per heavy atom. The van der Waals surface area contributed by atoms with Crippen LogP contribution in [0.5, 0.6) is 0 Å². The number of nitrogens with zero attached hydrogens (tertiary/aromatic N) is 2. The average Bonchev–Trinajstić information content (AvgIpc) is 2.64. The predicted molar refractivity (Wildman–Crippen MR) is 62.6 cm³/mol. The van der Waals surface area contributed by atoms with Gasteiger partial charge in [0.1, 0.15) is 0 Å². The van der Waals surface area contributed by atoms with E-state index in [1.807, 2.05) is 19.1 Å². The van der Waals surface area contributed by atoms with Crippen molar-refractivity contribution in [2.24, 2.45) is 0 Å². The number of imidazole rings is 1. The van der Waals surface area contributed by atoms with Crippen molar-refractivity contribution in [3.8, 4) is 11.4 Å². The molecular weight excluding hydrogens is 202 g/mol. The first-order valence-electron chi connectivity index (χ1n) is 5.00. The molecule has 0 atom stereocenters. The van der Waals surface area contributed by atoms with Gasteiger partial charge in [0.05, 0.1) is 0 Å². The molecule has 0 aliphatic carbocycles. The molecule has 0 aliphatic heterocycles. The minimum atomic E-state index is 0.0155. The predicted octanol–water partition coefficient (Wildman–Crippen LogP) is 1.77. The van der Waals surface area contributed by atoms with Crippen molar-refractivity contribution in [3.63, 3.8) is 0 Å². The lowest BCUT2D eigenvalue weighted by atomic mass is 9.99. The number of nitrogen functional groups attached to an aromatic ring is 1. The average molecular weight is 215 g/mol. The molecular formula is C12H13N3O. The van der Waals surface area contributed by atoms with Crippen LogP contribution < -0.4 is 5.84 Å². The van der Waals surface area contributed by atoms with E-state index in [0.717, 1.165) is 11.1 Å². The van der Waals surface area contributed by atoms with E-state index in [2.05, 4.69) is 4.98 Å². The number of Topliss-reactive ketones (excluding diaryl/α,β-unsaturated/α-hetero) is 1. The highest BCUT2D eigenvalue weighted by atomic mass is 16.1. The number of aryl methyl sites for hydroxylation is 1. The number of carbonyl (C=O) groups excluding carboxylic acids is 1. The molecule has 1 heterocycles. The molecule has 2 N–H and O–H groups in total. The summed E-state index contributed by atoms with van der Waals surface area (Å²) in [6.07, 6.45) is 3.28. The molecule has 2 rings (SSSR count). The highest BCUT2D eigenvalue weighted by Crippen LogP contribution is 2.25. The molecule has 4 heteroatoms. The van der Waals surface area contributed by atoms with Crippen LogP contribution in [0.25, 0.3) is 11.4 Å². The van der Waals surface area contributed by atoms with Crippen LogP contribution in [0, 0.1) is 6.92 Å². The van der Waals surface area contributed by atoms with E-state index in [1.165, 1.54) is 4.68 Å². The molecule has 16 heavy (non-hydrogen) atoms. The molecule has 0 bridgehead atoms. The fraction of sp³-hybridized carbons (Fsp3) is 0.167. The lowest BCUT2D eigenvalue weighted by molar-refractivity contribution is 0.101. The Morgan fingerprint density at radius 2 is 2.19 bits per heavy atom. The molecule has 82 valence electrons. The molecule has 1 aromatic carbocycles. The third-order valence-electron chi connectivity index (χ3n) is 2.54. The first-order chi connectivity index (χ1) is 7.61. The Morgan fingerprint density at radius 1 is 1.44 bits per heavy atom. The van der Waals surface area contributed by atoms with Crippen LogP contribution >= 0.6 is 0 Å². The Bertz CT molecular complexity index is 543. The standard InChI is InChI=1S/C12H13N3O/c1-8-4-3-5-10(9(2)16)11(8)12-14-6-7-15(12)13/h3-7H,13H2,1-2H3. The van der Waals surface area contributed by atoms with Crippen molar-refractivity contribution < 1.29 is 4.79 Å². The van der Waals surface area contributed by atoms with E-state index in [1.54, 1.807) is 25.4 Å². The molecule has 0 radical (unpaired) electrons. The number of nitrogens with two attached hydrogens (primary N) is 1. The summed E-state index contributed by atoms with van der Waals surface area (Å²) in [5, 5.41) is 0. The smallest absolute Gasteiger partial charge is 0.160 e. The maximum absolute atomic E-state index is 11.5. The zero-order valence-corrected chi connectivity index (χ0v) is 9.27. The van der Waals surface area contributed by atoms with Gasteiger partial charge in [0.15, 0.2) is 11.6 Å². The van der Waals surface area contributed by atoms with Gasteiger partial charge in [0, 0.05) is 23.5 Å². The van der Waals surface area contributed by atoms with Crippen molar-refractivity contribution in [2.75, 3.05) is 5.84 Å². The fourth-order valence-corrected chi connectivity index (χ4v) is 1.76. The number of ketones is 1. The summed E-state index contributed by atoms with van der Waals surface area (Å²) in [6, 6.07) is 5.59. The number of carbonyl (C=O) groups is 1. The van der Waals surface area contributed by atoms with Crippen molar-refractivity contribution >= 4 is 5.78 Å². The van der Waals surface area contributed by atoms with Crippen molar-refractivity contribution in [3.05, 3.63) is 41.7 Å². The number of rotatable bonds is 2. The minimum absolute atomic E-state index is 0.0155. The largest absolute Gasteiger partial charge is 0.338 e. The van der Waals surface area contributed by atoms with Gasteiger partial charge < -0.3 is 5.84 Å². The number of hydrogen-bond donors (Lipinski definition) is 1. The Balaban J connectivity index is 2.73. The molecule has 2 aromatic rings. The Labute approximate surface area is 93.7 Å². The van der Waals surface area contributed by atoms with Gasteiger partial charge >= 0.3 is 0 Å². The lowest BCUT2D eigenvalue weighted by Gasteiger charge is -2.09.